The zero-order valence-electron chi connectivity index (χ0n) is 17.1. The molecule has 1 atom stereocenters. The number of carbonyl (C=O) groups is 1. The first-order valence-corrected chi connectivity index (χ1v) is 11.3. The van der Waals surface area contributed by atoms with Crippen LogP contribution >= 0.6 is 34.8 Å². The van der Waals surface area contributed by atoms with Crippen LogP contribution in [0.5, 0.6) is 0 Å². The molecule has 0 rings (SSSR count). The normalized spacial score (nSPS) is 13.7. The highest BCUT2D eigenvalue weighted by atomic mass is 35.6. The van der Waals surface area contributed by atoms with E-state index in [4.69, 9.17) is 34.8 Å². The Bertz CT molecular complexity index is 365. The van der Waals surface area contributed by atoms with Gasteiger partial charge in [-0.15, -0.1) is 0 Å². The van der Waals surface area contributed by atoms with Gasteiger partial charge in [-0.05, 0) is 27.2 Å². The van der Waals surface area contributed by atoms with Crippen molar-refractivity contribution < 1.29 is 4.79 Å². The molecule has 0 aliphatic heterocycles. The maximum Gasteiger partial charge on any atom is 0.223 e. The molecule has 0 aromatic carbocycles. The Labute approximate surface area is 176 Å². The molecule has 0 radical (unpaired) electrons. The van der Waals surface area contributed by atoms with Gasteiger partial charge in [0.1, 0.15) is 6.17 Å². The van der Waals surface area contributed by atoms with Gasteiger partial charge in [-0.1, -0.05) is 106 Å². The topological polar surface area (TPSA) is 41.1 Å². The Hall–Kier alpha value is 0.300. The molecular formula is C20H39Cl3N2O. The van der Waals surface area contributed by atoms with Crippen LogP contribution < -0.4 is 10.6 Å². The van der Waals surface area contributed by atoms with Crippen molar-refractivity contribution in [2.45, 2.75) is 120 Å². The fourth-order valence-corrected chi connectivity index (χ4v) is 3.14. The summed E-state index contributed by atoms with van der Waals surface area (Å²) < 4.78 is -1.58. The zero-order chi connectivity index (χ0) is 20.1. The van der Waals surface area contributed by atoms with E-state index in [9.17, 15) is 4.79 Å². The Morgan fingerprint density at radius 3 is 1.62 bits per heavy atom. The molecule has 156 valence electrons. The number of rotatable bonds is 14. The SMILES string of the molecule is CCCCCCCCCCCCCC(=O)NC(NC(C)(C)C)C(Cl)(Cl)Cl. The van der Waals surface area contributed by atoms with E-state index < -0.39 is 9.96 Å². The Balaban J connectivity index is 3.78. The summed E-state index contributed by atoms with van der Waals surface area (Å²) in [6.07, 6.45) is 13.6. The van der Waals surface area contributed by atoms with Crippen molar-refractivity contribution in [1.29, 1.82) is 0 Å². The van der Waals surface area contributed by atoms with Crippen LogP contribution in [0.15, 0.2) is 0 Å². The standard InChI is InChI=1S/C20H39Cl3N2O/c1-5-6-7-8-9-10-11-12-13-14-15-16-17(26)24-18(20(21,22)23)25-19(2,3)4/h18,25H,5-16H2,1-4H3,(H,24,26). The third-order valence-electron chi connectivity index (χ3n) is 4.22. The number of hydrogen-bond acceptors (Lipinski definition) is 2. The number of hydrogen-bond donors (Lipinski definition) is 2. The lowest BCUT2D eigenvalue weighted by atomic mass is 10.1. The molecule has 0 aliphatic rings. The highest BCUT2D eigenvalue weighted by Gasteiger charge is 2.36. The molecular weight excluding hydrogens is 391 g/mol. The lowest BCUT2D eigenvalue weighted by Gasteiger charge is -2.33. The molecule has 0 fully saturated rings. The molecule has 3 nitrogen and oxygen atoms in total. The highest BCUT2D eigenvalue weighted by Crippen LogP contribution is 2.30. The summed E-state index contributed by atoms with van der Waals surface area (Å²) >= 11 is 17.9. The number of amides is 1. The van der Waals surface area contributed by atoms with Gasteiger partial charge in [0.2, 0.25) is 9.70 Å². The van der Waals surface area contributed by atoms with Gasteiger partial charge in [-0.2, -0.15) is 0 Å². The first-order chi connectivity index (χ1) is 12.1. The minimum atomic E-state index is -1.58. The average Bonchev–Trinajstić information content (AvgIpc) is 2.50. The maximum absolute atomic E-state index is 12.1. The van der Waals surface area contributed by atoms with Gasteiger partial charge in [0.05, 0.1) is 0 Å². The van der Waals surface area contributed by atoms with Gasteiger partial charge in [0.15, 0.2) is 0 Å². The van der Waals surface area contributed by atoms with Crippen LogP contribution in [0.3, 0.4) is 0 Å². The van der Waals surface area contributed by atoms with Crippen LogP contribution in [0.1, 0.15) is 105 Å². The third kappa shape index (κ3) is 16.5. The number of carbonyl (C=O) groups excluding carboxylic acids is 1. The molecule has 0 spiro atoms. The average molecular weight is 430 g/mol. The molecule has 1 amide bonds. The van der Waals surface area contributed by atoms with Crippen LogP contribution in [0.2, 0.25) is 0 Å². The zero-order valence-corrected chi connectivity index (χ0v) is 19.4. The van der Waals surface area contributed by atoms with E-state index in [0.29, 0.717) is 6.42 Å². The minimum absolute atomic E-state index is 0.0750. The van der Waals surface area contributed by atoms with Gasteiger partial charge in [-0.3, -0.25) is 10.1 Å². The first-order valence-electron chi connectivity index (χ1n) is 10.2. The molecule has 0 aromatic heterocycles. The second-order valence-electron chi connectivity index (χ2n) is 8.22. The van der Waals surface area contributed by atoms with Crippen molar-refractivity contribution in [1.82, 2.24) is 10.6 Å². The van der Waals surface area contributed by atoms with E-state index in [1.165, 1.54) is 57.8 Å². The van der Waals surface area contributed by atoms with E-state index in [-0.39, 0.29) is 11.4 Å². The quantitative estimate of drug-likeness (QED) is 0.179. The predicted molar refractivity (Wildman–Crippen MR) is 116 cm³/mol. The Morgan fingerprint density at radius 1 is 0.808 bits per heavy atom. The van der Waals surface area contributed by atoms with Crippen molar-refractivity contribution in [2.75, 3.05) is 0 Å². The fourth-order valence-electron chi connectivity index (χ4n) is 2.82. The van der Waals surface area contributed by atoms with Gasteiger partial charge in [0.25, 0.3) is 0 Å². The number of unbranched alkanes of at least 4 members (excludes halogenated alkanes) is 10. The molecule has 1 unspecified atom stereocenters. The fraction of sp³-hybridized carbons (Fsp3) is 0.950. The molecule has 0 heterocycles. The van der Waals surface area contributed by atoms with Gasteiger partial charge < -0.3 is 5.32 Å². The molecule has 2 N–H and O–H groups in total. The van der Waals surface area contributed by atoms with E-state index >= 15 is 0 Å². The number of alkyl halides is 3. The summed E-state index contributed by atoms with van der Waals surface area (Å²) in [6, 6.07) is 0. The Morgan fingerprint density at radius 2 is 1.23 bits per heavy atom. The van der Waals surface area contributed by atoms with Gasteiger partial charge in [-0.25, -0.2) is 0 Å². The van der Waals surface area contributed by atoms with E-state index in [2.05, 4.69) is 17.6 Å². The minimum Gasteiger partial charge on any atom is -0.337 e. The highest BCUT2D eigenvalue weighted by molar-refractivity contribution is 6.68. The van der Waals surface area contributed by atoms with Gasteiger partial charge >= 0.3 is 0 Å². The lowest BCUT2D eigenvalue weighted by molar-refractivity contribution is -0.122. The summed E-state index contributed by atoms with van der Waals surface area (Å²) in [5.74, 6) is -0.0750. The molecule has 6 heteroatoms. The van der Waals surface area contributed by atoms with E-state index in [1.54, 1.807) is 0 Å². The maximum atomic E-state index is 12.1. The van der Waals surface area contributed by atoms with Crippen LogP contribution in [0.25, 0.3) is 0 Å². The van der Waals surface area contributed by atoms with Crippen LogP contribution in [-0.4, -0.2) is 21.4 Å². The molecule has 0 aliphatic carbocycles. The van der Waals surface area contributed by atoms with Crippen LogP contribution in [-0.2, 0) is 4.79 Å². The molecule has 0 aromatic rings. The first kappa shape index (κ1) is 26.3. The Kier molecular flexibility index (Phi) is 14.5. The molecule has 0 saturated carbocycles. The smallest absolute Gasteiger partial charge is 0.223 e. The monoisotopic (exact) mass is 428 g/mol. The molecule has 0 saturated heterocycles. The molecule has 0 bridgehead atoms. The van der Waals surface area contributed by atoms with Crippen molar-refractivity contribution >= 4 is 40.7 Å². The number of nitrogens with one attached hydrogen (secondary N) is 2. The molecule has 26 heavy (non-hydrogen) atoms. The van der Waals surface area contributed by atoms with Crippen molar-refractivity contribution in [3.8, 4) is 0 Å². The lowest BCUT2D eigenvalue weighted by Crippen LogP contribution is -2.58. The largest absolute Gasteiger partial charge is 0.337 e. The van der Waals surface area contributed by atoms with Crippen LogP contribution in [0.4, 0.5) is 0 Å². The summed E-state index contributed by atoms with van der Waals surface area (Å²) in [6.45, 7) is 8.14. The van der Waals surface area contributed by atoms with Gasteiger partial charge in [0, 0.05) is 12.0 Å². The second-order valence-corrected chi connectivity index (χ2v) is 10.6. The predicted octanol–water partition coefficient (Wildman–Crippen LogP) is 6.89. The van der Waals surface area contributed by atoms with Crippen LogP contribution in [0, 0.1) is 0 Å². The van der Waals surface area contributed by atoms with E-state index in [1.807, 2.05) is 20.8 Å². The van der Waals surface area contributed by atoms with Crippen molar-refractivity contribution in [3.63, 3.8) is 0 Å². The van der Waals surface area contributed by atoms with Crippen molar-refractivity contribution in [3.05, 3.63) is 0 Å². The summed E-state index contributed by atoms with van der Waals surface area (Å²) in [5.41, 5.74) is -0.265. The number of halogens is 3. The summed E-state index contributed by atoms with van der Waals surface area (Å²) in [4.78, 5) is 12.1. The summed E-state index contributed by atoms with van der Waals surface area (Å²) in [7, 11) is 0. The summed E-state index contributed by atoms with van der Waals surface area (Å²) in [5, 5.41) is 5.95. The van der Waals surface area contributed by atoms with Crippen molar-refractivity contribution in [2.24, 2.45) is 0 Å². The third-order valence-corrected chi connectivity index (χ3v) is 4.87. The second kappa shape index (κ2) is 14.3. The van der Waals surface area contributed by atoms with E-state index in [0.717, 1.165) is 12.8 Å².